The Kier molecular flexibility index (Phi) is 9.68. The monoisotopic (exact) mass is 576 g/mol. The van der Waals surface area contributed by atoms with Crippen LogP contribution in [0.5, 0.6) is 0 Å². The Labute approximate surface area is 234 Å². The molecule has 0 saturated carbocycles. The summed E-state index contributed by atoms with van der Waals surface area (Å²) in [7, 11) is -3.87. The number of hydrogen-bond donors (Lipinski definition) is 3. The zero-order chi connectivity index (χ0) is 29.8. The topological polar surface area (TPSA) is 153 Å². The van der Waals surface area contributed by atoms with Gasteiger partial charge in [0.05, 0.1) is 4.90 Å². The first-order valence-electron chi connectivity index (χ1n) is 13.5. The summed E-state index contributed by atoms with van der Waals surface area (Å²) in [6.07, 6.45) is 3.77. The molecule has 1 aliphatic rings. The first-order valence-corrected chi connectivity index (χ1v) is 15.0. The second-order valence-electron chi connectivity index (χ2n) is 11.2. The third-order valence-corrected chi connectivity index (χ3v) is 8.58. The fraction of sp³-hybridized carbons (Fsp3) is 0.536. The van der Waals surface area contributed by atoms with E-state index in [2.05, 4.69) is 9.97 Å². The molecule has 0 radical (unpaired) electrons. The van der Waals surface area contributed by atoms with Crippen molar-refractivity contribution >= 4 is 43.9 Å². The van der Waals surface area contributed by atoms with Crippen LogP contribution in [0.3, 0.4) is 0 Å². The maximum Gasteiger partial charge on any atom is 0.410 e. The van der Waals surface area contributed by atoms with Crippen LogP contribution in [-0.4, -0.2) is 75.5 Å². The van der Waals surface area contributed by atoms with Crippen molar-refractivity contribution in [2.45, 2.75) is 89.8 Å². The number of fused-ring (bicyclic) bond motifs is 3. The van der Waals surface area contributed by atoms with Crippen molar-refractivity contribution in [3.63, 3.8) is 0 Å². The number of aromatic nitrogens is 2. The fourth-order valence-corrected chi connectivity index (χ4v) is 6.41. The summed E-state index contributed by atoms with van der Waals surface area (Å²) in [5, 5.41) is 9.23. The van der Waals surface area contributed by atoms with E-state index in [9.17, 15) is 22.8 Å². The Hall–Kier alpha value is -3.38. The second kappa shape index (κ2) is 12.4. The summed E-state index contributed by atoms with van der Waals surface area (Å²) >= 11 is 0. The molecular weight excluding hydrogens is 536 g/mol. The Bertz CT molecular complexity index is 1520. The van der Waals surface area contributed by atoms with Crippen molar-refractivity contribution in [2.24, 2.45) is 0 Å². The summed E-state index contributed by atoms with van der Waals surface area (Å²) in [5.74, 6) is -0.711. The van der Waals surface area contributed by atoms with Gasteiger partial charge in [0.15, 0.2) is 0 Å². The first kappa shape index (κ1) is 31.2. The van der Waals surface area contributed by atoms with Gasteiger partial charge in [0.1, 0.15) is 11.1 Å². The molecule has 1 atom stereocenters. The lowest BCUT2D eigenvalue weighted by Crippen LogP contribution is -2.48. The van der Waals surface area contributed by atoms with Crippen molar-refractivity contribution in [1.29, 1.82) is 0 Å². The molecule has 1 fully saturated rings. The predicted octanol–water partition coefficient (Wildman–Crippen LogP) is 4.68. The number of rotatable bonds is 7. The number of carboxylic acid groups (broad SMARTS) is 1. The highest BCUT2D eigenvalue weighted by molar-refractivity contribution is 7.89. The van der Waals surface area contributed by atoms with E-state index in [1.807, 2.05) is 41.5 Å². The van der Waals surface area contributed by atoms with Gasteiger partial charge in [-0.2, -0.15) is 4.31 Å². The number of likely N-dealkylation sites (tertiary alicyclic amines) is 1. The number of carbonyl (C=O) groups excluding carboxylic acids is 1. The Morgan fingerprint density at radius 3 is 2.48 bits per heavy atom. The Balaban J connectivity index is 0.000000663. The van der Waals surface area contributed by atoms with Gasteiger partial charge in [-0.25, -0.2) is 13.2 Å². The van der Waals surface area contributed by atoms with E-state index in [1.54, 1.807) is 29.3 Å². The van der Waals surface area contributed by atoms with Crippen molar-refractivity contribution < 1.29 is 27.9 Å². The zero-order valence-corrected chi connectivity index (χ0v) is 24.8. The Morgan fingerprint density at radius 1 is 1.20 bits per heavy atom. The quantitative estimate of drug-likeness (QED) is 0.369. The van der Waals surface area contributed by atoms with Gasteiger partial charge in [-0.1, -0.05) is 6.92 Å². The van der Waals surface area contributed by atoms with Gasteiger partial charge >= 0.3 is 12.1 Å². The second-order valence-corrected chi connectivity index (χ2v) is 13.1. The van der Waals surface area contributed by atoms with E-state index in [4.69, 9.17) is 9.84 Å². The lowest BCUT2D eigenvalue weighted by atomic mass is 10.1. The maximum absolute atomic E-state index is 13.8. The van der Waals surface area contributed by atoms with E-state index in [0.717, 1.165) is 12.8 Å². The summed E-state index contributed by atoms with van der Waals surface area (Å²) in [5.41, 5.74) is 0.0973. The summed E-state index contributed by atoms with van der Waals surface area (Å²) < 4.78 is 34.5. The number of aromatic amines is 2. The molecule has 3 aromatic rings. The molecule has 4 rings (SSSR count). The molecule has 0 spiro atoms. The minimum Gasteiger partial charge on any atom is -0.481 e. The molecule has 220 valence electrons. The molecule has 1 saturated heterocycles. The van der Waals surface area contributed by atoms with Crippen LogP contribution in [0.4, 0.5) is 4.79 Å². The van der Waals surface area contributed by atoms with E-state index in [0.29, 0.717) is 41.2 Å². The van der Waals surface area contributed by atoms with Crippen LogP contribution in [0.15, 0.2) is 40.2 Å². The van der Waals surface area contributed by atoms with Crippen LogP contribution >= 0.6 is 0 Å². The van der Waals surface area contributed by atoms with Crippen molar-refractivity contribution in [3.8, 4) is 0 Å². The predicted molar refractivity (Wildman–Crippen MR) is 154 cm³/mol. The molecule has 3 heterocycles. The number of H-pyrrole nitrogens is 2. The molecule has 0 aliphatic carbocycles. The third-order valence-electron chi connectivity index (χ3n) is 6.55. The van der Waals surface area contributed by atoms with Crippen LogP contribution in [0.1, 0.15) is 67.2 Å². The number of carbonyl (C=O) groups is 2. The molecular formula is C28H40N4O7S. The normalized spacial score (nSPS) is 16.0. The third kappa shape index (κ3) is 7.22. The molecule has 0 unspecified atom stereocenters. The molecule has 40 heavy (non-hydrogen) atoms. The molecule has 11 nitrogen and oxygen atoms in total. The van der Waals surface area contributed by atoms with Crippen molar-refractivity contribution in [3.05, 3.63) is 40.8 Å². The number of aliphatic carboxylic acids is 1. The summed E-state index contributed by atoms with van der Waals surface area (Å²) in [6, 6.07) is 5.93. The summed E-state index contributed by atoms with van der Waals surface area (Å²) in [4.78, 5) is 42.0. The lowest BCUT2D eigenvalue weighted by Gasteiger charge is -2.33. The smallest absolute Gasteiger partial charge is 0.410 e. The first-order chi connectivity index (χ1) is 18.7. The fourth-order valence-electron chi connectivity index (χ4n) is 4.71. The highest BCUT2D eigenvalue weighted by Gasteiger charge is 2.37. The number of hydrogen-bond acceptors (Lipinski definition) is 6. The number of benzene rings is 1. The number of pyridine rings is 1. The van der Waals surface area contributed by atoms with Crippen LogP contribution < -0.4 is 5.56 Å². The number of carboxylic acids is 1. The van der Waals surface area contributed by atoms with Gasteiger partial charge in [0, 0.05) is 54.1 Å². The van der Waals surface area contributed by atoms with Crippen LogP contribution in [-0.2, 0) is 19.6 Å². The van der Waals surface area contributed by atoms with E-state index >= 15 is 0 Å². The van der Waals surface area contributed by atoms with Crippen molar-refractivity contribution in [1.82, 2.24) is 19.2 Å². The highest BCUT2D eigenvalue weighted by Crippen LogP contribution is 2.28. The van der Waals surface area contributed by atoms with Gasteiger partial charge in [-0.3, -0.25) is 9.59 Å². The van der Waals surface area contributed by atoms with Gasteiger partial charge < -0.3 is 24.7 Å². The van der Waals surface area contributed by atoms with Gasteiger partial charge in [0.25, 0.3) is 5.56 Å². The largest absolute Gasteiger partial charge is 0.481 e. The van der Waals surface area contributed by atoms with Gasteiger partial charge in [-0.05, 0) is 78.1 Å². The van der Waals surface area contributed by atoms with Crippen LogP contribution in [0.2, 0.25) is 0 Å². The molecule has 3 N–H and O–H groups in total. The van der Waals surface area contributed by atoms with E-state index < -0.39 is 27.7 Å². The molecule has 1 aliphatic heterocycles. The van der Waals surface area contributed by atoms with Crippen molar-refractivity contribution in [2.75, 3.05) is 13.1 Å². The maximum atomic E-state index is 13.8. The minimum atomic E-state index is -3.87. The number of ether oxygens (including phenoxy) is 1. The average molecular weight is 577 g/mol. The molecule has 0 bridgehead atoms. The lowest BCUT2D eigenvalue weighted by molar-refractivity contribution is -0.137. The standard InChI is InChI=1S/C24H32N4O5S.C4H8O2/c1-15(2)28(14-16-7-6-12-27(16)23(30)33-24(3,4)5)34(31,32)17-8-9-20-19(13-17)18-10-11-25-21(18)22(29)26-20;1-2-3-4(5)6/h8-11,13,15-16,25H,6-7,12,14H2,1-5H3,(H,26,29);2-3H2,1H3,(H,5,6)/t16-;/m0./s1. The van der Waals surface area contributed by atoms with E-state index in [1.165, 1.54) is 10.4 Å². The highest BCUT2D eigenvalue weighted by atomic mass is 32.2. The van der Waals surface area contributed by atoms with E-state index in [-0.39, 0.29) is 29.1 Å². The number of sulfonamides is 1. The molecule has 1 amide bonds. The van der Waals surface area contributed by atoms with Gasteiger partial charge in [0.2, 0.25) is 10.0 Å². The Morgan fingerprint density at radius 2 is 1.90 bits per heavy atom. The number of amides is 1. The van der Waals surface area contributed by atoms with Gasteiger partial charge in [-0.15, -0.1) is 0 Å². The van der Waals surface area contributed by atoms with Crippen LogP contribution in [0, 0.1) is 0 Å². The number of nitrogens with one attached hydrogen (secondary N) is 2. The summed E-state index contributed by atoms with van der Waals surface area (Å²) in [6.45, 7) is 11.7. The molecule has 2 aromatic heterocycles. The average Bonchev–Trinajstić information content (AvgIpc) is 3.52. The minimum absolute atomic E-state index is 0.144. The SMILES string of the molecule is CC(C)N(C[C@@H]1CCCN1C(=O)OC(C)(C)C)S(=O)(=O)c1ccc2[nH]c(=O)c3[nH]ccc3c2c1.CCCC(=O)O. The zero-order valence-electron chi connectivity index (χ0n) is 24.0. The molecule has 12 heteroatoms. The number of nitrogens with zero attached hydrogens (tertiary/aromatic N) is 2. The van der Waals surface area contributed by atoms with Crippen LogP contribution in [0.25, 0.3) is 21.8 Å². The molecule has 1 aromatic carbocycles.